The number of hydrogen-bond donors (Lipinski definition) is 2. The summed E-state index contributed by atoms with van der Waals surface area (Å²) in [6, 6.07) is 8.76. The molecule has 2 N–H and O–H groups in total. The Balaban J connectivity index is 0.00000385. The first kappa shape index (κ1) is 28.1. The summed E-state index contributed by atoms with van der Waals surface area (Å²) in [5, 5.41) is 6.88. The van der Waals surface area contributed by atoms with E-state index in [4.69, 9.17) is 19.2 Å². The molecule has 0 saturated carbocycles. The third-order valence-corrected chi connectivity index (χ3v) is 6.23. The molecule has 33 heavy (non-hydrogen) atoms. The predicted octanol–water partition coefficient (Wildman–Crippen LogP) is 3.98. The maximum Gasteiger partial charge on any atom is 0.191 e. The second kappa shape index (κ2) is 16.5. The molecule has 0 amide bonds. The summed E-state index contributed by atoms with van der Waals surface area (Å²) in [6.07, 6.45) is 7.22. The van der Waals surface area contributed by atoms with E-state index in [2.05, 4.69) is 46.7 Å². The number of halogens is 1. The Morgan fingerprint density at radius 2 is 1.85 bits per heavy atom. The van der Waals surface area contributed by atoms with E-state index in [1.54, 1.807) is 7.11 Å². The number of methoxy groups -OCH3 is 1. The number of rotatable bonds is 11. The van der Waals surface area contributed by atoms with Gasteiger partial charge >= 0.3 is 0 Å². The summed E-state index contributed by atoms with van der Waals surface area (Å²) in [5.41, 5.74) is 1.30. The fourth-order valence-electron chi connectivity index (χ4n) is 4.38. The highest BCUT2D eigenvalue weighted by Gasteiger charge is 2.22. The molecule has 1 atom stereocenters. The number of benzene rings is 1. The average Bonchev–Trinajstić information content (AvgIpc) is 2.85. The van der Waals surface area contributed by atoms with Crippen molar-refractivity contribution in [2.24, 2.45) is 4.99 Å². The van der Waals surface area contributed by atoms with Crippen LogP contribution in [0.3, 0.4) is 0 Å². The molecule has 2 fully saturated rings. The van der Waals surface area contributed by atoms with Crippen molar-refractivity contribution in [1.29, 1.82) is 0 Å². The smallest absolute Gasteiger partial charge is 0.191 e. The van der Waals surface area contributed by atoms with Gasteiger partial charge in [0.25, 0.3) is 0 Å². The third kappa shape index (κ3) is 9.96. The molecular formula is C25H43IN4O3. The van der Waals surface area contributed by atoms with Crippen LogP contribution in [0.1, 0.15) is 57.1 Å². The SMILES string of the molecule is CCNC(=NCC(c1ccc(OC)cc1)N1CCCCC1)NCCCOC1CCOCC1.I. The first-order valence-electron chi connectivity index (χ1n) is 12.4. The lowest BCUT2D eigenvalue weighted by Gasteiger charge is -2.34. The molecule has 0 spiro atoms. The minimum absolute atomic E-state index is 0. The topological polar surface area (TPSA) is 67.4 Å². The molecule has 0 radical (unpaired) electrons. The van der Waals surface area contributed by atoms with Crippen molar-refractivity contribution in [3.8, 4) is 5.75 Å². The van der Waals surface area contributed by atoms with Crippen LogP contribution in [0, 0.1) is 0 Å². The quantitative estimate of drug-likeness (QED) is 0.181. The fourth-order valence-corrected chi connectivity index (χ4v) is 4.38. The van der Waals surface area contributed by atoms with Crippen molar-refractivity contribution in [2.75, 3.05) is 59.7 Å². The minimum Gasteiger partial charge on any atom is -0.497 e. The van der Waals surface area contributed by atoms with Crippen LogP contribution in [-0.4, -0.2) is 76.6 Å². The van der Waals surface area contributed by atoms with Crippen molar-refractivity contribution < 1.29 is 14.2 Å². The van der Waals surface area contributed by atoms with Gasteiger partial charge in [0.15, 0.2) is 5.96 Å². The molecule has 1 aromatic carbocycles. The summed E-state index contributed by atoms with van der Waals surface area (Å²) in [6.45, 7) is 9.25. The molecule has 0 bridgehead atoms. The highest BCUT2D eigenvalue weighted by Crippen LogP contribution is 2.26. The highest BCUT2D eigenvalue weighted by molar-refractivity contribution is 14.0. The lowest BCUT2D eigenvalue weighted by Crippen LogP contribution is -2.40. The monoisotopic (exact) mass is 574 g/mol. The molecule has 2 aliphatic rings. The molecule has 0 aliphatic carbocycles. The molecule has 3 rings (SSSR count). The Kier molecular flexibility index (Phi) is 14.1. The van der Waals surface area contributed by atoms with E-state index in [0.29, 0.717) is 6.10 Å². The Bertz CT molecular complexity index is 662. The largest absolute Gasteiger partial charge is 0.497 e. The van der Waals surface area contributed by atoms with Crippen LogP contribution in [0.5, 0.6) is 5.75 Å². The van der Waals surface area contributed by atoms with Gasteiger partial charge < -0.3 is 24.8 Å². The summed E-state index contributed by atoms with van der Waals surface area (Å²) in [5.74, 6) is 1.78. The fraction of sp³-hybridized carbons (Fsp3) is 0.720. The van der Waals surface area contributed by atoms with E-state index in [-0.39, 0.29) is 30.0 Å². The predicted molar refractivity (Wildman–Crippen MR) is 145 cm³/mol. The van der Waals surface area contributed by atoms with Gasteiger partial charge in [-0.25, -0.2) is 0 Å². The first-order valence-corrected chi connectivity index (χ1v) is 12.4. The number of aliphatic imine (C=N–C) groups is 1. The summed E-state index contributed by atoms with van der Waals surface area (Å²) < 4.78 is 16.7. The maximum atomic E-state index is 5.98. The van der Waals surface area contributed by atoms with Crippen LogP contribution in [0.2, 0.25) is 0 Å². The van der Waals surface area contributed by atoms with Crippen LogP contribution < -0.4 is 15.4 Å². The molecule has 2 aliphatic heterocycles. The molecule has 8 heteroatoms. The van der Waals surface area contributed by atoms with Gasteiger partial charge in [-0.15, -0.1) is 24.0 Å². The van der Waals surface area contributed by atoms with Gasteiger partial charge in [-0.3, -0.25) is 9.89 Å². The minimum atomic E-state index is 0. The van der Waals surface area contributed by atoms with Crippen molar-refractivity contribution in [2.45, 2.75) is 57.6 Å². The second-order valence-corrected chi connectivity index (χ2v) is 8.57. The van der Waals surface area contributed by atoms with Gasteiger partial charge in [-0.2, -0.15) is 0 Å². The van der Waals surface area contributed by atoms with Crippen LogP contribution in [-0.2, 0) is 9.47 Å². The number of likely N-dealkylation sites (tertiary alicyclic amines) is 1. The highest BCUT2D eigenvalue weighted by atomic mass is 127. The van der Waals surface area contributed by atoms with E-state index < -0.39 is 0 Å². The Hall–Kier alpha value is -1.10. The third-order valence-electron chi connectivity index (χ3n) is 6.23. The van der Waals surface area contributed by atoms with Crippen molar-refractivity contribution >= 4 is 29.9 Å². The number of piperidine rings is 1. The number of nitrogens with zero attached hydrogens (tertiary/aromatic N) is 2. The Morgan fingerprint density at radius 3 is 2.52 bits per heavy atom. The lowest BCUT2D eigenvalue weighted by molar-refractivity contribution is -0.0320. The molecule has 1 unspecified atom stereocenters. The Labute approximate surface area is 217 Å². The van der Waals surface area contributed by atoms with Gasteiger partial charge in [-0.05, 0) is 69.8 Å². The van der Waals surface area contributed by atoms with Crippen LogP contribution in [0.25, 0.3) is 0 Å². The molecular weight excluding hydrogens is 531 g/mol. The molecule has 7 nitrogen and oxygen atoms in total. The summed E-state index contributed by atoms with van der Waals surface area (Å²) in [4.78, 5) is 7.54. The van der Waals surface area contributed by atoms with Crippen molar-refractivity contribution in [3.05, 3.63) is 29.8 Å². The lowest BCUT2D eigenvalue weighted by atomic mass is 10.0. The molecule has 0 aromatic heterocycles. The van der Waals surface area contributed by atoms with Gasteiger partial charge in [0, 0.05) is 32.9 Å². The van der Waals surface area contributed by atoms with Crippen molar-refractivity contribution in [1.82, 2.24) is 15.5 Å². The molecule has 2 heterocycles. The zero-order chi connectivity index (χ0) is 22.4. The maximum absolute atomic E-state index is 5.98. The van der Waals surface area contributed by atoms with E-state index in [1.807, 2.05) is 0 Å². The second-order valence-electron chi connectivity index (χ2n) is 8.57. The molecule has 1 aromatic rings. The van der Waals surface area contributed by atoms with Gasteiger partial charge in [0.2, 0.25) is 0 Å². The zero-order valence-corrected chi connectivity index (χ0v) is 22.7. The van der Waals surface area contributed by atoms with Crippen LogP contribution >= 0.6 is 24.0 Å². The Morgan fingerprint density at radius 1 is 1.12 bits per heavy atom. The number of hydrogen-bond acceptors (Lipinski definition) is 5. The number of guanidine groups is 1. The summed E-state index contributed by atoms with van der Waals surface area (Å²) in [7, 11) is 1.71. The standard InChI is InChI=1S/C25H42N4O3.HI/c1-3-26-25(27-14-7-17-32-23-12-18-31-19-13-23)28-20-24(29-15-5-4-6-16-29)21-8-10-22(30-2)11-9-21;/h8-11,23-24H,3-7,12-20H2,1-2H3,(H2,26,27,28);1H. The van der Waals surface area contributed by atoms with Crippen molar-refractivity contribution in [3.63, 3.8) is 0 Å². The molecule has 188 valence electrons. The van der Waals surface area contributed by atoms with E-state index >= 15 is 0 Å². The summed E-state index contributed by atoms with van der Waals surface area (Å²) >= 11 is 0. The van der Waals surface area contributed by atoms with Crippen LogP contribution in [0.4, 0.5) is 0 Å². The zero-order valence-electron chi connectivity index (χ0n) is 20.4. The van der Waals surface area contributed by atoms with E-state index in [1.165, 1.54) is 24.8 Å². The van der Waals surface area contributed by atoms with Gasteiger partial charge in [0.05, 0.1) is 25.8 Å². The molecule has 2 saturated heterocycles. The normalized spacial score (nSPS) is 18.9. The van der Waals surface area contributed by atoms with Gasteiger partial charge in [-0.1, -0.05) is 18.6 Å². The first-order chi connectivity index (χ1) is 15.8. The number of ether oxygens (including phenoxy) is 3. The average molecular weight is 575 g/mol. The number of nitrogens with one attached hydrogen (secondary N) is 2. The van der Waals surface area contributed by atoms with E-state index in [9.17, 15) is 0 Å². The van der Waals surface area contributed by atoms with E-state index in [0.717, 1.165) is 83.5 Å². The van der Waals surface area contributed by atoms with Crippen LogP contribution in [0.15, 0.2) is 29.3 Å². The van der Waals surface area contributed by atoms with Gasteiger partial charge in [0.1, 0.15) is 5.75 Å².